The molecule has 0 bridgehead atoms. The van der Waals surface area contributed by atoms with Gasteiger partial charge in [0.2, 0.25) is 5.78 Å². The number of benzene rings is 1. The number of nitro groups is 1. The molecule has 3 rings (SSSR count). The average molecular weight is 337 g/mol. The van der Waals surface area contributed by atoms with Crippen LogP contribution in [-0.2, 0) is 6.54 Å². The first-order valence-corrected chi connectivity index (χ1v) is 7.67. The van der Waals surface area contributed by atoms with E-state index in [-0.39, 0.29) is 11.5 Å². The van der Waals surface area contributed by atoms with Crippen LogP contribution in [0.1, 0.15) is 23.2 Å². The molecule has 0 aliphatic rings. The van der Waals surface area contributed by atoms with Crippen molar-refractivity contribution in [2.75, 3.05) is 0 Å². The van der Waals surface area contributed by atoms with Gasteiger partial charge in [-0.2, -0.15) is 5.10 Å². The van der Waals surface area contributed by atoms with E-state index >= 15 is 0 Å². The van der Waals surface area contributed by atoms with E-state index in [9.17, 15) is 14.9 Å². The molecular weight excluding hydrogens is 322 g/mol. The molecule has 2 heterocycles. The van der Waals surface area contributed by atoms with Crippen LogP contribution in [0.5, 0.6) is 0 Å². The topological polar surface area (TPSA) is 91.2 Å². The number of allylic oxidation sites excluding steroid dienone is 1. The zero-order chi connectivity index (χ0) is 17.8. The maximum absolute atomic E-state index is 12.1. The summed E-state index contributed by atoms with van der Waals surface area (Å²) in [6.45, 7) is 2.65. The summed E-state index contributed by atoms with van der Waals surface area (Å²) in [6.07, 6.45) is 4.73. The van der Waals surface area contributed by atoms with Gasteiger partial charge in [-0.1, -0.05) is 0 Å². The van der Waals surface area contributed by atoms with Gasteiger partial charge in [0.1, 0.15) is 17.2 Å². The van der Waals surface area contributed by atoms with Crippen molar-refractivity contribution in [3.63, 3.8) is 0 Å². The smallest absolute Gasteiger partial charge is 0.269 e. The van der Waals surface area contributed by atoms with Crippen molar-refractivity contribution in [1.29, 1.82) is 0 Å². The van der Waals surface area contributed by atoms with Crippen molar-refractivity contribution < 1.29 is 14.1 Å². The molecule has 7 nitrogen and oxygen atoms in total. The van der Waals surface area contributed by atoms with Crippen molar-refractivity contribution >= 4 is 17.5 Å². The minimum atomic E-state index is -0.453. The van der Waals surface area contributed by atoms with Crippen LogP contribution in [0.3, 0.4) is 0 Å². The summed E-state index contributed by atoms with van der Waals surface area (Å²) in [6, 6.07) is 11.2. The van der Waals surface area contributed by atoms with E-state index in [2.05, 4.69) is 5.10 Å². The third-order valence-electron chi connectivity index (χ3n) is 3.61. The van der Waals surface area contributed by atoms with Crippen LogP contribution in [0.25, 0.3) is 17.4 Å². The van der Waals surface area contributed by atoms with Crippen LogP contribution in [0, 0.1) is 10.1 Å². The Morgan fingerprint density at radius 1 is 1.24 bits per heavy atom. The van der Waals surface area contributed by atoms with E-state index in [0.717, 1.165) is 5.56 Å². The van der Waals surface area contributed by atoms with Gasteiger partial charge >= 0.3 is 0 Å². The Balaban J connectivity index is 1.72. The van der Waals surface area contributed by atoms with E-state index in [1.165, 1.54) is 18.2 Å². The second-order valence-corrected chi connectivity index (χ2v) is 5.26. The second-order valence-electron chi connectivity index (χ2n) is 5.26. The number of aryl methyl sites for hydroxylation is 1. The average Bonchev–Trinajstić information content (AvgIpc) is 3.29. The highest BCUT2D eigenvalue weighted by molar-refractivity contribution is 6.05. The lowest BCUT2D eigenvalue weighted by atomic mass is 10.1. The van der Waals surface area contributed by atoms with Crippen molar-refractivity contribution in [3.8, 4) is 11.3 Å². The van der Waals surface area contributed by atoms with E-state index in [4.69, 9.17) is 4.42 Å². The van der Waals surface area contributed by atoms with Crippen LogP contribution in [0.4, 0.5) is 5.69 Å². The quantitative estimate of drug-likeness (QED) is 0.294. The maximum Gasteiger partial charge on any atom is 0.269 e. The molecule has 126 valence electrons. The number of nitrogens with zero attached hydrogens (tertiary/aromatic N) is 3. The molecule has 1 aromatic carbocycles. The molecule has 0 unspecified atom stereocenters. The van der Waals surface area contributed by atoms with E-state index in [1.807, 2.05) is 6.92 Å². The number of rotatable bonds is 6. The predicted molar refractivity (Wildman–Crippen MR) is 92.1 cm³/mol. The molecule has 25 heavy (non-hydrogen) atoms. The van der Waals surface area contributed by atoms with Gasteiger partial charge in [0.15, 0.2) is 0 Å². The van der Waals surface area contributed by atoms with E-state index in [1.54, 1.807) is 47.3 Å². The van der Waals surface area contributed by atoms with Gasteiger partial charge in [-0.25, -0.2) is 0 Å². The molecule has 0 N–H and O–H groups in total. The van der Waals surface area contributed by atoms with E-state index < -0.39 is 4.92 Å². The van der Waals surface area contributed by atoms with E-state index in [0.29, 0.717) is 23.8 Å². The fourth-order valence-electron chi connectivity index (χ4n) is 2.26. The molecule has 3 aromatic rings. The summed E-state index contributed by atoms with van der Waals surface area (Å²) in [7, 11) is 0. The highest BCUT2D eigenvalue weighted by atomic mass is 16.6. The van der Waals surface area contributed by atoms with Gasteiger partial charge in [0.25, 0.3) is 5.69 Å². The molecule has 0 fully saturated rings. The number of ketones is 1. The first-order chi connectivity index (χ1) is 12.1. The number of hydrogen-bond acceptors (Lipinski definition) is 5. The molecule has 0 aliphatic heterocycles. The van der Waals surface area contributed by atoms with Crippen LogP contribution >= 0.6 is 0 Å². The minimum Gasteiger partial charge on any atom is -0.457 e. The predicted octanol–water partition coefficient (Wildman–Crippen LogP) is 3.97. The highest BCUT2D eigenvalue weighted by Gasteiger charge is 2.09. The number of furan rings is 1. The Morgan fingerprint density at radius 2 is 2.00 bits per heavy atom. The van der Waals surface area contributed by atoms with Gasteiger partial charge in [0, 0.05) is 30.4 Å². The number of carbonyl (C=O) groups is 1. The number of nitro benzene ring substituents is 1. The summed E-state index contributed by atoms with van der Waals surface area (Å²) in [4.78, 5) is 22.3. The fourth-order valence-corrected chi connectivity index (χ4v) is 2.26. The fraction of sp³-hybridized carbons (Fsp3) is 0.111. The maximum atomic E-state index is 12.1. The van der Waals surface area contributed by atoms with Gasteiger partial charge in [0.05, 0.1) is 4.92 Å². The molecule has 0 aliphatic carbocycles. The van der Waals surface area contributed by atoms with Crippen LogP contribution in [0.15, 0.2) is 59.2 Å². The zero-order valence-electron chi connectivity index (χ0n) is 13.5. The van der Waals surface area contributed by atoms with Crippen LogP contribution in [0.2, 0.25) is 0 Å². The molecule has 0 spiro atoms. The molecule has 0 saturated carbocycles. The molecule has 0 radical (unpaired) electrons. The standard InChI is InChI=1S/C18H15N3O4/c1-2-20-12-11-16(19-20)17(22)9-7-15-8-10-18(25-15)13-3-5-14(6-4-13)21(23)24/h3-12H,2H2,1H3/b9-7+. The molecular formula is C18H15N3O4. The summed E-state index contributed by atoms with van der Waals surface area (Å²) >= 11 is 0. The third-order valence-corrected chi connectivity index (χ3v) is 3.61. The van der Waals surface area contributed by atoms with Crippen molar-refractivity contribution in [1.82, 2.24) is 9.78 Å². The van der Waals surface area contributed by atoms with Crippen molar-refractivity contribution in [2.45, 2.75) is 13.5 Å². The lowest BCUT2D eigenvalue weighted by Crippen LogP contribution is -1.99. The summed E-state index contributed by atoms with van der Waals surface area (Å²) in [5, 5.41) is 14.8. The Bertz CT molecular complexity index is 935. The van der Waals surface area contributed by atoms with Gasteiger partial charge in [-0.3, -0.25) is 19.6 Å². The Morgan fingerprint density at radius 3 is 2.64 bits per heavy atom. The zero-order valence-corrected chi connectivity index (χ0v) is 13.5. The van der Waals surface area contributed by atoms with Gasteiger partial charge < -0.3 is 4.42 Å². The second kappa shape index (κ2) is 6.96. The highest BCUT2D eigenvalue weighted by Crippen LogP contribution is 2.25. The van der Waals surface area contributed by atoms with Crippen LogP contribution < -0.4 is 0 Å². The minimum absolute atomic E-state index is 0.0209. The normalized spacial score (nSPS) is 11.1. The Hall–Kier alpha value is -3.48. The van der Waals surface area contributed by atoms with Crippen LogP contribution in [-0.4, -0.2) is 20.5 Å². The van der Waals surface area contributed by atoms with Crippen molar-refractivity contribution in [2.24, 2.45) is 0 Å². The largest absolute Gasteiger partial charge is 0.457 e. The number of hydrogen-bond donors (Lipinski definition) is 0. The molecule has 7 heteroatoms. The Kier molecular flexibility index (Phi) is 4.56. The number of non-ortho nitro benzene ring substituents is 1. The summed E-state index contributed by atoms with van der Waals surface area (Å²) in [5.74, 6) is 0.870. The monoisotopic (exact) mass is 337 g/mol. The molecule has 0 atom stereocenters. The molecule has 0 amide bonds. The first-order valence-electron chi connectivity index (χ1n) is 7.67. The number of carbonyl (C=O) groups excluding carboxylic acids is 1. The SMILES string of the molecule is CCn1ccc(C(=O)/C=C/c2ccc(-c3ccc([N+](=O)[O-])cc3)o2)n1. The molecule has 0 saturated heterocycles. The summed E-state index contributed by atoms with van der Waals surface area (Å²) in [5.41, 5.74) is 1.12. The number of aromatic nitrogens is 2. The first kappa shape index (κ1) is 16.4. The van der Waals surface area contributed by atoms with Gasteiger partial charge in [-0.05, 0) is 49.4 Å². The lowest BCUT2D eigenvalue weighted by Gasteiger charge is -1.96. The Labute approximate surface area is 143 Å². The molecule has 2 aromatic heterocycles. The summed E-state index contributed by atoms with van der Waals surface area (Å²) < 4.78 is 7.33. The van der Waals surface area contributed by atoms with Crippen molar-refractivity contribution in [3.05, 3.63) is 76.3 Å². The lowest BCUT2D eigenvalue weighted by molar-refractivity contribution is -0.384. The third kappa shape index (κ3) is 3.72. The van der Waals surface area contributed by atoms with Gasteiger partial charge in [-0.15, -0.1) is 0 Å².